The lowest BCUT2D eigenvalue weighted by Crippen LogP contribution is -2.60. The van der Waals surface area contributed by atoms with Crippen LogP contribution in [0.4, 0.5) is 0 Å². The van der Waals surface area contributed by atoms with Crippen molar-refractivity contribution in [3.8, 4) is 0 Å². The molecule has 2 heterocycles. The zero-order chi connectivity index (χ0) is 17.9. The van der Waals surface area contributed by atoms with Crippen molar-refractivity contribution < 1.29 is 49.3 Å². The molecule has 0 spiro atoms. The summed E-state index contributed by atoms with van der Waals surface area (Å²) in [5, 5.41) is 48.7. The molecule has 0 aromatic heterocycles. The van der Waals surface area contributed by atoms with Crippen molar-refractivity contribution in [1.82, 2.24) is 0 Å². The quantitative estimate of drug-likeness (QED) is 0.324. The summed E-state index contributed by atoms with van der Waals surface area (Å²) in [4.78, 5) is 10.8. The van der Waals surface area contributed by atoms with Crippen LogP contribution in [0.15, 0.2) is 12.3 Å². The summed E-state index contributed by atoms with van der Waals surface area (Å²) in [6.45, 7) is 0.425. The van der Waals surface area contributed by atoms with Crippen LogP contribution in [-0.4, -0.2) is 93.7 Å². The Bertz CT molecular complexity index is 453. The topological polar surface area (TPSA) is 155 Å². The lowest BCUT2D eigenvalue weighted by molar-refractivity contribution is -0.315. The second-order valence-corrected chi connectivity index (χ2v) is 5.59. The highest BCUT2D eigenvalue weighted by Crippen LogP contribution is 2.25. The minimum atomic E-state index is -1.59. The number of carbonyl (C=O) groups is 1. The number of rotatable bonds is 5. The third-order valence-corrected chi connectivity index (χ3v) is 3.83. The maximum atomic E-state index is 10.8. The van der Waals surface area contributed by atoms with Gasteiger partial charge in [0.25, 0.3) is 0 Å². The van der Waals surface area contributed by atoms with Crippen LogP contribution in [-0.2, 0) is 23.7 Å². The number of ether oxygens (including phenoxy) is 4. The predicted molar refractivity (Wildman–Crippen MR) is 75.3 cm³/mol. The summed E-state index contributed by atoms with van der Waals surface area (Å²) in [6.07, 6.45) is -7.68. The van der Waals surface area contributed by atoms with Gasteiger partial charge in [-0.3, -0.25) is 4.79 Å². The number of aliphatic hydroxyl groups excluding tert-OH is 5. The molecule has 0 radical (unpaired) electrons. The van der Waals surface area contributed by atoms with Gasteiger partial charge in [0.1, 0.15) is 43.2 Å². The van der Waals surface area contributed by atoms with E-state index in [1.54, 1.807) is 0 Å². The van der Waals surface area contributed by atoms with Crippen molar-refractivity contribution in [3.63, 3.8) is 0 Å². The van der Waals surface area contributed by atoms with E-state index in [0.717, 1.165) is 0 Å². The van der Waals surface area contributed by atoms with E-state index in [4.69, 9.17) is 24.1 Å². The SMILES string of the molecule is CC(=O)OC[C@H]1OC=C[C@@H](O[C@@H]2O[C@H](CO)[C@H](O)[C@H](O)[C@H]2O)[C@@H]1O. The predicted octanol–water partition coefficient (Wildman–Crippen LogP) is -2.99. The van der Waals surface area contributed by atoms with Gasteiger partial charge in [-0.2, -0.15) is 0 Å². The molecule has 5 N–H and O–H groups in total. The third-order valence-electron chi connectivity index (χ3n) is 3.83. The Morgan fingerprint density at radius 2 is 1.79 bits per heavy atom. The van der Waals surface area contributed by atoms with Crippen LogP contribution in [0.2, 0.25) is 0 Å². The number of hydrogen-bond acceptors (Lipinski definition) is 10. The molecule has 0 aromatic rings. The van der Waals surface area contributed by atoms with E-state index < -0.39 is 61.6 Å². The van der Waals surface area contributed by atoms with Gasteiger partial charge < -0.3 is 44.5 Å². The second kappa shape index (κ2) is 8.21. The molecular weight excluding hydrogens is 328 g/mol. The monoisotopic (exact) mass is 350 g/mol. The van der Waals surface area contributed by atoms with Crippen molar-refractivity contribution in [3.05, 3.63) is 12.3 Å². The fourth-order valence-corrected chi connectivity index (χ4v) is 2.43. The average molecular weight is 350 g/mol. The molecule has 0 aliphatic carbocycles. The summed E-state index contributed by atoms with van der Waals surface area (Å²) >= 11 is 0. The average Bonchev–Trinajstić information content (AvgIpc) is 2.55. The Balaban J connectivity index is 1.99. The molecule has 0 bridgehead atoms. The highest BCUT2D eigenvalue weighted by Gasteiger charge is 2.46. The van der Waals surface area contributed by atoms with E-state index in [1.165, 1.54) is 19.3 Å². The summed E-state index contributed by atoms with van der Waals surface area (Å²) in [5.74, 6) is -0.535. The minimum absolute atomic E-state index is 0.199. The van der Waals surface area contributed by atoms with E-state index >= 15 is 0 Å². The molecule has 138 valence electrons. The van der Waals surface area contributed by atoms with Gasteiger partial charge >= 0.3 is 5.97 Å². The zero-order valence-corrected chi connectivity index (χ0v) is 13.0. The lowest BCUT2D eigenvalue weighted by Gasteiger charge is -2.41. The van der Waals surface area contributed by atoms with Gasteiger partial charge in [0, 0.05) is 6.92 Å². The van der Waals surface area contributed by atoms with Gasteiger partial charge in [0.15, 0.2) is 12.4 Å². The summed E-state index contributed by atoms with van der Waals surface area (Å²) in [6, 6.07) is 0. The maximum absolute atomic E-state index is 10.8. The van der Waals surface area contributed by atoms with Crippen molar-refractivity contribution >= 4 is 5.97 Å². The molecule has 0 aromatic carbocycles. The minimum Gasteiger partial charge on any atom is -0.492 e. The van der Waals surface area contributed by atoms with Crippen molar-refractivity contribution in [1.29, 1.82) is 0 Å². The molecule has 0 amide bonds. The molecule has 10 nitrogen and oxygen atoms in total. The Morgan fingerprint density at radius 1 is 1.08 bits per heavy atom. The van der Waals surface area contributed by atoms with Gasteiger partial charge in [0.05, 0.1) is 12.9 Å². The molecule has 2 rings (SSSR count). The Morgan fingerprint density at radius 3 is 2.42 bits per heavy atom. The van der Waals surface area contributed by atoms with Crippen molar-refractivity contribution in [2.75, 3.05) is 13.2 Å². The highest BCUT2D eigenvalue weighted by atomic mass is 16.7. The molecule has 24 heavy (non-hydrogen) atoms. The smallest absolute Gasteiger partial charge is 0.302 e. The molecule has 10 heteroatoms. The number of carbonyl (C=O) groups excluding carboxylic acids is 1. The second-order valence-electron chi connectivity index (χ2n) is 5.59. The number of aliphatic hydroxyl groups is 5. The fourth-order valence-electron chi connectivity index (χ4n) is 2.43. The van der Waals surface area contributed by atoms with Gasteiger partial charge in [-0.25, -0.2) is 0 Å². The molecule has 2 aliphatic rings. The third kappa shape index (κ3) is 4.22. The van der Waals surface area contributed by atoms with E-state index in [2.05, 4.69) is 0 Å². The highest BCUT2D eigenvalue weighted by molar-refractivity contribution is 5.65. The van der Waals surface area contributed by atoms with Crippen molar-refractivity contribution in [2.24, 2.45) is 0 Å². The first-order valence-corrected chi connectivity index (χ1v) is 7.44. The van der Waals surface area contributed by atoms with Gasteiger partial charge in [-0.15, -0.1) is 0 Å². The Hall–Kier alpha value is -1.27. The largest absolute Gasteiger partial charge is 0.492 e. The van der Waals surface area contributed by atoms with Crippen LogP contribution in [0.25, 0.3) is 0 Å². The van der Waals surface area contributed by atoms with Crippen LogP contribution in [0.3, 0.4) is 0 Å². The molecule has 8 atom stereocenters. The van der Waals surface area contributed by atoms with Crippen LogP contribution in [0.1, 0.15) is 6.92 Å². The van der Waals surface area contributed by atoms with Gasteiger partial charge in [0.2, 0.25) is 0 Å². The van der Waals surface area contributed by atoms with Crippen molar-refractivity contribution in [2.45, 2.75) is 55.9 Å². The van der Waals surface area contributed by atoms with Gasteiger partial charge in [-0.1, -0.05) is 0 Å². The van der Waals surface area contributed by atoms with Crippen LogP contribution >= 0.6 is 0 Å². The zero-order valence-electron chi connectivity index (χ0n) is 13.0. The summed E-state index contributed by atoms with van der Waals surface area (Å²) in [5.41, 5.74) is 0. The van der Waals surface area contributed by atoms with E-state index in [0.29, 0.717) is 0 Å². The fraction of sp³-hybridized carbons (Fsp3) is 0.786. The lowest BCUT2D eigenvalue weighted by atomic mass is 9.99. The molecule has 0 saturated carbocycles. The van der Waals surface area contributed by atoms with Crippen LogP contribution in [0, 0.1) is 0 Å². The Labute approximate surface area is 137 Å². The Kier molecular flexibility index (Phi) is 6.52. The first-order chi connectivity index (χ1) is 11.3. The standard InChI is InChI=1S/C14H22O10/c1-6(16)22-5-9-10(17)7(2-3-21-9)23-14-13(20)12(19)11(18)8(4-15)24-14/h2-3,7-15,17-20H,4-5H2,1H3/t7-,8-,9-,10+,11+,12+,13-,14-/m1/s1. The molecule has 1 fully saturated rings. The first kappa shape index (κ1) is 19.1. The summed E-state index contributed by atoms with van der Waals surface area (Å²) < 4.78 is 20.6. The van der Waals surface area contributed by atoms with E-state index in [9.17, 15) is 25.2 Å². The molecular formula is C14H22O10. The molecule has 0 unspecified atom stereocenters. The molecule has 2 aliphatic heterocycles. The number of esters is 1. The van der Waals surface area contributed by atoms with Gasteiger partial charge in [-0.05, 0) is 6.08 Å². The molecule has 1 saturated heterocycles. The first-order valence-electron chi connectivity index (χ1n) is 7.44. The van der Waals surface area contributed by atoms with E-state index in [1.807, 2.05) is 0 Å². The van der Waals surface area contributed by atoms with Crippen LogP contribution in [0.5, 0.6) is 0 Å². The normalized spacial score (nSPS) is 42.4. The number of hydrogen-bond donors (Lipinski definition) is 5. The summed E-state index contributed by atoms with van der Waals surface area (Å²) in [7, 11) is 0. The van der Waals surface area contributed by atoms with Crippen LogP contribution < -0.4 is 0 Å². The van der Waals surface area contributed by atoms with E-state index in [-0.39, 0.29) is 6.61 Å². The maximum Gasteiger partial charge on any atom is 0.302 e.